The third-order valence-electron chi connectivity index (χ3n) is 2.55. The molecule has 3 nitrogen and oxygen atoms in total. The second kappa shape index (κ2) is 7.37. The molecule has 0 saturated carbocycles. The highest BCUT2D eigenvalue weighted by Crippen LogP contribution is 2.15. The van der Waals surface area contributed by atoms with Crippen molar-refractivity contribution in [3.63, 3.8) is 0 Å². The van der Waals surface area contributed by atoms with Crippen molar-refractivity contribution in [2.75, 3.05) is 19.8 Å². The van der Waals surface area contributed by atoms with Crippen LogP contribution in [0, 0.1) is 5.82 Å². The van der Waals surface area contributed by atoms with E-state index in [9.17, 15) is 9.50 Å². The lowest BCUT2D eigenvalue weighted by Gasteiger charge is -2.17. The molecule has 0 aliphatic carbocycles. The molecule has 0 saturated heterocycles. The first-order chi connectivity index (χ1) is 8.15. The Hall–Kier alpha value is -0.970. The van der Waals surface area contributed by atoms with E-state index in [1.807, 2.05) is 13.8 Å². The minimum Gasteiger partial charge on any atom is -0.389 e. The van der Waals surface area contributed by atoms with Crippen LogP contribution in [0.15, 0.2) is 24.3 Å². The van der Waals surface area contributed by atoms with Gasteiger partial charge in [-0.3, -0.25) is 0 Å². The van der Waals surface area contributed by atoms with E-state index in [0.717, 1.165) is 0 Å². The van der Waals surface area contributed by atoms with Crippen molar-refractivity contribution in [3.05, 3.63) is 35.6 Å². The van der Waals surface area contributed by atoms with Crippen LogP contribution in [0.5, 0.6) is 0 Å². The van der Waals surface area contributed by atoms with Gasteiger partial charge in [-0.1, -0.05) is 18.2 Å². The molecule has 0 aliphatic heterocycles. The van der Waals surface area contributed by atoms with Crippen molar-refractivity contribution in [1.82, 2.24) is 5.32 Å². The molecule has 0 amide bonds. The zero-order valence-electron chi connectivity index (χ0n) is 10.3. The summed E-state index contributed by atoms with van der Waals surface area (Å²) in [5, 5.41) is 12.6. The topological polar surface area (TPSA) is 41.5 Å². The monoisotopic (exact) mass is 241 g/mol. The van der Waals surface area contributed by atoms with Gasteiger partial charge in [0, 0.05) is 24.8 Å². The predicted octanol–water partition coefficient (Wildman–Crippen LogP) is 1.87. The summed E-state index contributed by atoms with van der Waals surface area (Å²) in [6.07, 6.45) is -0.566. The van der Waals surface area contributed by atoms with Gasteiger partial charge < -0.3 is 15.2 Å². The fourth-order valence-electron chi connectivity index (χ4n) is 1.56. The molecule has 1 aromatic rings. The molecule has 0 fully saturated rings. The smallest absolute Gasteiger partial charge is 0.127 e. The highest BCUT2D eigenvalue weighted by Gasteiger charge is 2.11. The highest BCUT2D eigenvalue weighted by atomic mass is 19.1. The standard InChI is InChI=1S/C13H20FNO2/c1-3-17-9-11(16)8-15-10(2)12-6-4-5-7-13(12)14/h4-7,10-11,15-16H,3,8-9H2,1-2H3/t10-,11?/m1/s1. The molecule has 2 N–H and O–H groups in total. The summed E-state index contributed by atoms with van der Waals surface area (Å²) in [4.78, 5) is 0. The van der Waals surface area contributed by atoms with E-state index in [1.165, 1.54) is 6.07 Å². The van der Waals surface area contributed by atoms with E-state index < -0.39 is 6.10 Å². The fraction of sp³-hybridized carbons (Fsp3) is 0.538. The number of rotatable bonds is 7. The molecular formula is C13H20FNO2. The first kappa shape index (κ1) is 14.1. The SMILES string of the molecule is CCOCC(O)CN[C@H](C)c1ccccc1F. The Morgan fingerprint density at radius 1 is 1.41 bits per heavy atom. The van der Waals surface area contributed by atoms with Crippen LogP contribution in [-0.4, -0.2) is 31.0 Å². The second-order valence-corrected chi connectivity index (χ2v) is 3.96. The Balaban J connectivity index is 2.39. The minimum atomic E-state index is -0.566. The fourth-order valence-corrected chi connectivity index (χ4v) is 1.56. The van der Waals surface area contributed by atoms with Gasteiger partial charge in [0.25, 0.3) is 0 Å². The van der Waals surface area contributed by atoms with E-state index >= 15 is 0 Å². The van der Waals surface area contributed by atoms with Gasteiger partial charge in [-0.25, -0.2) is 4.39 Å². The maximum absolute atomic E-state index is 13.4. The van der Waals surface area contributed by atoms with Gasteiger partial charge >= 0.3 is 0 Å². The largest absolute Gasteiger partial charge is 0.389 e. The molecular weight excluding hydrogens is 221 g/mol. The molecule has 1 aromatic carbocycles. The summed E-state index contributed by atoms with van der Waals surface area (Å²) >= 11 is 0. The van der Waals surface area contributed by atoms with E-state index in [0.29, 0.717) is 25.3 Å². The summed E-state index contributed by atoms with van der Waals surface area (Å²) in [6.45, 7) is 5.01. The van der Waals surface area contributed by atoms with Crippen molar-refractivity contribution in [2.45, 2.75) is 26.0 Å². The van der Waals surface area contributed by atoms with Crippen LogP contribution in [0.1, 0.15) is 25.5 Å². The molecule has 0 aliphatic rings. The first-order valence-corrected chi connectivity index (χ1v) is 5.88. The third kappa shape index (κ3) is 4.81. The third-order valence-corrected chi connectivity index (χ3v) is 2.55. The summed E-state index contributed by atoms with van der Waals surface area (Å²) in [5.41, 5.74) is 0.608. The number of hydrogen-bond acceptors (Lipinski definition) is 3. The van der Waals surface area contributed by atoms with Gasteiger partial charge in [-0.15, -0.1) is 0 Å². The Morgan fingerprint density at radius 2 is 2.12 bits per heavy atom. The molecule has 17 heavy (non-hydrogen) atoms. The van der Waals surface area contributed by atoms with Gasteiger partial charge in [0.1, 0.15) is 5.82 Å². The zero-order valence-corrected chi connectivity index (χ0v) is 10.3. The van der Waals surface area contributed by atoms with Crippen molar-refractivity contribution in [2.24, 2.45) is 0 Å². The van der Waals surface area contributed by atoms with Crippen LogP contribution in [0.25, 0.3) is 0 Å². The number of halogens is 1. The van der Waals surface area contributed by atoms with Crippen molar-refractivity contribution in [1.29, 1.82) is 0 Å². The molecule has 1 rings (SSSR count). The van der Waals surface area contributed by atoms with Crippen LogP contribution in [0.2, 0.25) is 0 Å². The molecule has 96 valence electrons. The Bertz CT molecular complexity index is 333. The summed E-state index contributed by atoms with van der Waals surface area (Å²) in [7, 11) is 0. The highest BCUT2D eigenvalue weighted by molar-refractivity contribution is 5.20. The van der Waals surface area contributed by atoms with Crippen molar-refractivity contribution >= 4 is 0 Å². The Kier molecular flexibility index (Phi) is 6.11. The molecule has 1 unspecified atom stereocenters. The van der Waals surface area contributed by atoms with E-state index in [-0.39, 0.29) is 11.9 Å². The maximum atomic E-state index is 13.4. The van der Waals surface area contributed by atoms with E-state index in [4.69, 9.17) is 4.74 Å². The number of aliphatic hydroxyl groups is 1. The van der Waals surface area contributed by atoms with Crippen LogP contribution in [0.3, 0.4) is 0 Å². The molecule has 0 bridgehead atoms. The average Bonchev–Trinajstić information content (AvgIpc) is 2.34. The predicted molar refractivity (Wildman–Crippen MR) is 65.3 cm³/mol. The van der Waals surface area contributed by atoms with Crippen LogP contribution in [-0.2, 0) is 4.74 Å². The lowest BCUT2D eigenvalue weighted by molar-refractivity contribution is 0.0416. The number of nitrogens with one attached hydrogen (secondary N) is 1. The van der Waals surface area contributed by atoms with Crippen LogP contribution < -0.4 is 5.32 Å². The number of aliphatic hydroxyl groups excluding tert-OH is 1. The van der Waals surface area contributed by atoms with Gasteiger partial charge in [0.2, 0.25) is 0 Å². The number of ether oxygens (including phenoxy) is 1. The normalized spacial score (nSPS) is 14.6. The van der Waals surface area contributed by atoms with Crippen molar-refractivity contribution < 1.29 is 14.2 Å². The zero-order chi connectivity index (χ0) is 12.7. The number of benzene rings is 1. The van der Waals surface area contributed by atoms with Gasteiger partial charge in [0.05, 0.1) is 12.7 Å². The van der Waals surface area contributed by atoms with Gasteiger partial charge in [0.15, 0.2) is 0 Å². The molecule has 0 aromatic heterocycles. The molecule has 2 atom stereocenters. The first-order valence-electron chi connectivity index (χ1n) is 5.88. The van der Waals surface area contributed by atoms with E-state index in [1.54, 1.807) is 18.2 Å². The molecule has 0 spiro atoms. The second-order valence-electron chi connectivity index (χ2n) is 3.96. The summed E-state index contributed by atoms with van der Waals surface area (Å²) < 4.78 is 18.5. The van der Waals surface area contributed by atoms with Gasteiger partial charge in [-0.2, -0.15) is 0 Å². The van der Waals surface area contributed by atoms with E-state index in [2.05, 4.69) is 5.32 Å². The van der Waals surface area contributed by atoms with Crippen LogP contribution in [0.4, 0.5) is 4.39 Å². The molecule has 0 radical (unpaired) electrons. The van der Waals surface area contributed by atoms with Gasteiger partial charge in [-0.05, 0) is 19.9 Å². The lowest BCUT2D eigenvalue weighted by Crippen LogP contribution is -2.32. The molecule has 4 heteroatoms. The summed E-state index contributed by atoms with van der Waals surface area (Å²) in [6, 6.07) is 6.50. The number of hydrogen-bond donors (Lipinski definition) is 2. The van der Waals surface area contributed by atoms with Crippen LogP contribution >= 0.6 is 0 Å². The Labute approximate surface area is 102 Å². The summed E-state index contributed by atoms with van der Waals surface area (Å²) in [5.74, 6) is -0.230. The van der Waals surface area contributed by atoms with Crippen molar-refractivity contribution in [3.8, 4) is 0 Å². The minimum absolute atomic E-state index is 0.132. The Morgan fingerprint density at radius 3 is 2.76 bits per heavy atom. The lowest BCUT2D eigenvalue weighted by atomic mass is 10.1. The quantitative estimate of drug-likeness (QED) is 0.765. The molecule has 0 heterocycles. The maximum Gasteiger partial charge on any atom is 0.127 e. The average molecular weight is 241 g/mol.